The highest BCUT2D eigenvalue weighted by Gasteiger charge is 1.97. The summed E-state index contributed by atoms with van der Waals surface area (Å²) >= 11 is 0. The van der Waals surface area contributed by atoms with Gasteiger partial charge in [0.1, 0.15) is 15.1 Å². The predicted molar refractivity (Wildman–Crippen MR) is 28.8 cm³/mol. The summed E-state index contributed by atoms with van der Waals surface area (Å²) in [6.07, 6.45) is 1.38. The van der Waals surface area contributed by atoms with Crippen molar-refractivity contribution in [3.8, 4) is 0 Å². The predicted octanol–water partition coefficient (Wildman–Crippen LogP) is -0.0812. The van der Waals surface area contributed by atoms with Gasteiger partial charge in [-0.15, -0.1) is 0 Å². The van der Waals surface area contributed by atoms with E-state index in [-0.39, 0.29) is 5.03 Å². The summed E-state index contributed by atoms with van der Waals surface area (Å²) < 4.78 is 30.3. The zero-order valence-electron chi connectivity index (χ0n) is 4.37. The van der Waals surface area contributed by atoms with Gasteiger partial charge in [0.05, 0.1) is 0 Å². The fourth-order valence-corrected chi connectivity index (χ4v) is 0.927. The van der Waals surface area contributed by atoms with E-state index in [1.807, 2.05) is 0 Å². The van der Waals surface area contributed by atoms with E-state index in [1.54, 1.807) is 0 Å². The molecule has 0 atom stereocenters. The quantitative estimate of drug-likeness (QED) is 0.563. The summed E-state index contributed by atoms with van der Waals surface area (Å²) in [4.78, 5) is 2.28. The van der Waals surface area contributed by atoms with Crippen LogP contribution in [0.4, 0.5) is 0 Å². The highest BCUT2D eigenvalue weighted by atomic mass is 32.2. The number of H-pyrrole nitrogens is 1. The molecule has 0 aliphatic carbocycles. The van der Waals surface area contributed by atoms with E-state index in [1.165, 1.54) is 18.3 Å². The van der Waals surface area contributed by atoms with E-state index in [9.17, 15) is 13.0 Å². The molecule has 50 valence electrons. The lowest BCUT2D eigenvalue weighted by Gasteiger charge is -2.00. The molecule has 9 heavy (non-hydrogen) atoms. The number of hydrogen-bond acceptors (Lipinski definition) is 3. The zero-order valence-corrected chi connectivity index (χ0v) is 5.18. The van der Waals surface area contributed by atoms with Gasteiger partial charge in [0.25, 0.3) is 0 Å². The van der Waals surface area contributed by atoms with Crippen LogP contribution in [0.3, 0.4) is 0 Å². The van der Waals surface area contributed by atoms with Gasteiger partial charge < -0.3 is 9.54 Å². The topological polar surface area (TPSA) is 73.0 Å². The number of aromatic amines is 1. The lowest BCUT2D eigenvalue weighted by atomic mass is 10.7. The van der Waals surface area contributed by atoms with Crippen LogP contribution in [0.5, 0.6) is 0 Å². The van der Waals surface area contributed by atoms with E-state index in [4.69, 9.17) is 0 Å². The van der Waals surface area contributed by atoms with Gasteiger partial charge in [-0.3, -0.25) is 0 Å². The van der Waals surface area contributed by atoms with Crippen molar-refractivity contribution in [1.82, 2.24) is 4.98 Å². The fraction of sp³-hybridized carbons (Fsp3) is 0. The van der Waals surface area contributed by atoms with Crippen LogP contribution in [0.25, 0.3) is 0 Å². The average Bonchev–Trinajstić information content (AvgIpc) is 2.08. The van der Waals surface area contributed by atoms with Crippen molar-refractivity contribution >= 4 is 10.1 Å². The van der Waals surface area contributed by atoms with Gasteiger partial charge in [-0.25, -0.2) is 8.42 Å². The second kappa shape index (κ2) is 1.85. The molecule has 0 aromatic carbocycles. The van der Waals surface area contributed by atoms with E-state index in [0.29, 0.717) is 0 Å². The highest BCUT2D eigenvalue weighted by molar-refractivity contribution is 7.85. The van der Waals surface area contributed by atoms with Crippen molar-refractivity contribution in [2.75, 3.05) is 0 Å². The minimum atomic E-state index is -4.27. The first-order valence-electron chi connectivity index (χ1n) is 2.20. The van der Waals surface area contributed by atoms with Crippen molar-refractivity contribution in [3.63, 3.8) is 0 Å². The minimum absolute atomic E-state index is 0.289. The van der Waals surface area contributed by atoms with Crippen molar-refractivity contribution in [2.24, 2.45) is 0 Å². The van der Waals surface area contributed by atoms with Crippen molar-refractivity contribution in [3.05, 3.63) is 18.3 Å². The Morgan fingerprint density at radius 1 is 1.56 bits per heavy atom. The SMILES string of the molecule is O=S(=O)([O-])c1ccc[nH]1. The smallest absolute Gasteiger partial charge is 0.140 e. The van der Waals surface area contributed by atoms with Crippen LogP contribution in [-0.4, -0.2) is 18.0 Å². The van der Waals surface area contributed by atoms with Crippen LogP contribution in [0.15, 0.2) is 23.4 Å². The Labute approximate surface area is 52.3 Å². The van der Waals surface area contributed by atoms with Crippen LogP contribution in [-0.2, 0) is 10.1 Å². The molecule has 0 unspecified atom stereocenters. The first kappa shape index (κ1) is 6.31. The van der Waals surface area contributed by atoms with Crippen molar-refractivity contribution in [1.29, 1.82) is 0 Å². The lowest BCUT2D eigenvalue weighted by molar-refractivity contribution is 0.460. The monoisotopic (exact) mass is 146 g/mol. The van der Waals surface area contributed by atoms with Crippen LogP contribution in [0.1, 0.15) is 0 Å². The largest absolute Gasteiger partial charge is 0.743 e. The molecule has 0 fully saturated rings. The third-order valence-electron chi connectivity index (χ3n) is 0.839. The van der Waals surface area contributed by atoms with Crippen molar-refractivity contribution in [2.45, 2.75) is 5.03 Å². The molecule has 1 aromatic rings. The van der Waals surface area contributed by atoms with Crippen LogP contribution < -0.4 is 0 Å². The van der Waals surface area contributed by atoms with Gasteiger partial charge >= 0.3 is 0 Å². The van der Waals surface area contributed by atoms with Crippen LogP contribution >= 0.6 is 0 Å². The second-order valence-electron chi connectivity index (χ2n) is 1.49. The molecule has 0 spiro atoms. The van der Waals surface area contributed by atoms with Crippen molar-refractivity contribution < 1.29 is 13.0 Å². The van der Waals surface area contributed by atoms with Gasteiger partial charge in [-0.2, -0.15) is 0 Å². The van der Waals surface area contributed by atoms with E-state index in [0.717, 1.165) is 0 Å². The minimum Gasteiger partial charge on any atom is -0.743 e. The zero-order chi connectivity index (χ0) is 6.91. The lowest BCUT2D eigenvalue weighted by Crippen LogP contribution is -1.97. The maximum absolute atomic E-state index is 10.1. The summed E-state index contributed by atoms with van der Waals surface area (Å²) in [5, 5.41) is -0.289. The van der Waals surface area contributed by atoms with E-state index >= 15 is 0 Å². The summed E-state index contributed by atoms with van der Waals surface area (Å²) in [6, 6.07) is 2.66. The van der Waals surface area contributed by atoms with Crippen LogP contribution in [0.2, 0.25) is 0 Å². The third-order valence-corrected chi connectivity index (χ3v) is 1.63. The molecule has 0 saturated carbocycles. The molecule has 1 rings (SSSR count). The summed E-state index contributed by atoms with van der Waals surface area (Å²) in [5.41, 5.74) is 0. The van der Waals surface area contributed by atoms with Gasteiger partial charge in [0.2, 0.25) is 0 Å². The van der Waals surface area contributed by atoms with Gasteiger partial charge in [-0.05, 0) is 12.1 Å². The Morgan fingerprint density at radius 2 is 2.22 bits per heavy atom. The Balaban J connectivity index is 3.20. The molecule has 0 amide bonds. The van der Waals surface area contributed by atoms with E-state index in [2.05, 4.69) is 4.98 Å². The summed E-state index contributed by atoms with van der Waals surface area (Å²) in [5.74, 6) is 0. The molecule has 0 radical (unpaired) electrons. The molecule has 4 nitrogen and oxygen atoms in total. The number of nitrogens with one attached hydrogen (secondary N) is 1. The Kier molecular flexibility index (Phi) is 1.30. The Morgan fingerprint density at radius 3 is 2.44 bits per heavy atom. The molecule has 1 aromatic heterocycles. The maximum Gasteiger partial charge on any atom is 0.140 e. The molecular formula is C4H4NO3S-. The maximum atomic E-state index is 10.1. The van der Waals surface area contributed by atoms with Gasteiger partial charge in [-0.1, -0.05) is 0 Å². The molecule has 0 bridgehead atoms. The molecule has 0 aliphatic heterocycles. The first-order valence-corrected chi connectivity index (χ1v) is 3.61. The number of aromatic nitrogens is 1. The van der Waals surface area contributed by atoms with E-state index < -0.39 is 10.1 Å². The molecular weight excluding hydrogens is 142 g/mol. The fourth-order valence-electron chi connectivity index (χ4n) is 0.469. The third kappa shape index (κ3) is 1.30. The summed E-state index contributed by atoms with van der Waals surface area (Å²) in [7, 11) is -4.27. The highest BCUT2D eigenvalue weighted by Crippen LogP contribution is 2.01. The molecule has 1 heterocycles. The summed E-state index contributed by atoms with van der Waals surface area (Å²) in [6.45, 7) is 0. The average molecular weight is 146 g/mol. The first-order chi connectivity index (χ1) is 4.11. The molecule has 0 saturated heterocycles. The number of hydrogen-bond donors (Lipinski definition) is 1. The molecule has 5 heteroatoms. The normalized spacial score (nSPS) is 11.7. The van der Waals surface area contributed by atoms with Gasteiger partial charge in [0.15, 0.2) is 0 Å². The molecule has 0 aliphatic rings. The standard InChI is InChI=1S/C4H5NO3S/c6-9(7,8)4-2-1-3-5-4/h1-3,5H,(H,6,7,8)/p-1. The second-order valence-corrected chi connectivity index (χ2v) is 2.84. The number of rotatable bonds is 1. The van der Waals surface area contributed by atoms with Gasteiger partial charge in [0, 0.05) is 6.20 Å². The molecule has 1 N–H and O–H groups in total. The van der Waals surface area contributed by atoms with Crippen LogP contribution in [0, 0.1) is 0 Å². The Hall–Kier alpha value is -0.810. The Bertz CT molecular complexity index is 273.